The lowest BCUT2D eigenvalue weighted by atomic mass is 9.95. The maximum atomic E-state index is 5.80. The lowest BCUT2D eigenvalue weighted by Gasteiger charge is -2.12. The molecule has 4 rings (SSSR count). The maximum Gasteiger partial charge on any atom is 0.117 e. The molecule has 1 aliphatic rings. The molecule has 0 aliphatic heterocycles. The Morgan fingerprint density at radius 3 is 2.38 bits per heavy atom. The molecule has 0 saturated heterocycles. The Bertz CT molecular complexity index is 785. The summed E-state index contributed by atoms with van der Waals surface area (Å²) in [5, 5.41) is 0. The highest BCUT2D eigenvalue weighted by Crippen LogP contribution is 2.52. The summed E-state index contributed by atoms with van der Waals surface area (Å²) in [6, 6.07) is 12.6. The quantitative estimate of drug-likeness (QED) is 0.699. The van der Waals surface area contributed by atoms with E-state index in [0.717, 1.165) is 35.4 Å². The van der Waals surface area contributed by atoms with E-state index in [-0.39, 0.29) is 5.41 Å². The minimum Gasteiger partial charge on any atom is -0.399 e. The fraction of sp³-hybridized carbons (Fsp3) is 0.278. The van der Waals surface area contributed by atoms with Gasteiger partial charge in [-0.15, -0.1) is 0 Å². The number of hydrogen-bond donors (Lipinski definition) is 2. The summed E-state index contributed by atoms with van der Waals surface area (Å²) in [5.74, 6) is 1.09. The molecule has 3 aromatic rings. The Balaban J connectivity index is 1.84. The molecule has 0 unspecified atom stereocenters. The van der Waals surface area contributed by atoms with Crippen molar-refractivity contribution in [2.24, 2.45) is 0 Å². The van der Waals surface area contributed by atoms with Gasteiger partial charge in [-0.3, -0.25) is 0 Å². The van der Waals surface area contributed by atoms with Crippen molar-refractivity contribution in [2.75, 3.05) is 5.73 Å². The Labute approximate surface area is 124 Å². The van der Waals surface area contributed by atoms with Gasteiger partial charge in [0.25, 0.3) is 0 Å². The van der Waals surface area contributed by atoms with Crippen molar-refractivity contribution in [1.29, 1.82) is 0 Å². The van der Waals surface area contributed by atoms with Gasteiger partial charge in [-0.05, 0) is 67.6 Å². The van der Waals surface area contributed by atoms with Crippen LogP contribution in [0.1, 0.15) is 35.4 Å². The number of nitrogens with one attached hydrogen (secondary N) is 1. The standard InChI is InChI=1S/C18H19N3/c1-11-9-15-16(10-12(11)2)21-17(20-15)18(7-8-18)13-3-5-14(19)6-4-13/h3-6,9-10H,7-8,19H2,1-2H3,(H,20,21). The first-order chi connectivity index (χ1) is 10.1. The monoisotopic (exact) mass is 277 g/mol. The van der Waals surface area contributed by atoms with Gasteiger partial charge < -0.3 is 10.7 Å². The Morgan fingerprint density at radius 1 is 1.05 bits per heavy atom. The van der Waals surface area contributed by atoms with Gasteiger partial charge in [0.15, 0.2) is 0 Å². The Kier molecular flexibility index (Phi) is 2.43. The van der Waals surface area contributed by atoms with Crippen LogP contribution in [0.3, 0.4) is 0 Å². The average molecular weight is 277 g/mol. The molecule has 1 aromatic heterocycles. The first-order valence-corrected chi connectivity index (χ1v) is 7.42. The third-order valence-corrected chi connectivity index (χ3v) is 4.76. The van der Waals surface area contributed by atoms with Crippen molar-refractivity contribution >= 4 is 16.7 Å². The maximum absolute atomic E-state index is 5.80. The van der Waals surface area contributed by atoms with Crippen LogP contribution in [0.5, 0.6) is 0 Å². The number of hydrogen-bond acceptors (Lipinski definition) is 2. The number of imidazole rings is 1. The molecule has 0 atom stereocenters. The van der Waals surface area contributed by atoms with E-state index in [0.29, 0.717) is 0 Å². The van der Waals surface area contributed by atoms with E-state index in [9.17, 15) is 0 Å². The van der Waals surface area contributed by atoms with Gasteiger partial charge in [0, 0.05) is 5.69 Å². The minimum atomic E-state index is 0.0640. The Morgan fingerprint density at radius 2 is 1.71 bits per heavy atom. The molecule has 1 aliphatic carbocycles. The van der Waals surface area contributed by atoms with Crippen molar-refractivity contribution in [3.63, 3.8) is 0 Å². The predicted molar refractivity (Wildman–Crippen MR) is 86.4 cm³/mol. The van der Waals surface area contributed by atoms with Crippen LogP contribution in [0, 0.1) is 13.8 Å². The molecule has 1 fully saturated rings. The molecule has 21 heavy (non-hydrogen) atoms. The SMILES string of the molecule is Cc1cc2nc(C3(c4ccc(N)cc4)CC3)[nH]c2cc1C. The molecule has 3 N–H and O–H groups in total. The Hall–Kier alpha value is -2.29. The van der Waals surface area contributed by atoms with Gasteiger partial charge >= 0.3 is 0 Å². The number of fused-ring (bicyclic) bond motifs is 1. The summed E-state index contributed by atoms with van der Waals surface area (Å²) < 4.78 is 0. The van der Waals surface area contributed by atoms with Gasteiger partial charge in [-0.25, -0.2) is 4.98 Å². The minimum absolute atomic E-state index is 0.0640. The molecule has 106 valence electrons. The highest BCUT2D eigenvalue weighted by atomic mass is 15.0. The number of aromatic nitrogens is 2. The van der Waals surface area contributed by atoms with E-state index in [1.165, 1.54) is 16.7 Å². The molecular weight excluding hydrogens is 258 g/mol. The molecule has 0 radical (unpaired) electrons. The summed E-state index contributed by atoms with van der Waals surface area (Å²) in [4.78, 5) is 8.40. The van der Waals surface area contributed by atoms with Crippen LogP contribution in [-0.2, 0) is 5.41 Å². The number of nitrogens with zero attached hydrogens (tertiary/aromatic N) is 1. The zero-order valence-corrected chi connectivity index (χ0v) is 12.4. The number of aryl methyl sites for hydroxylation is 2. The molecule has 3 nitrogen and oxygen atoms in total. The number of H-pyrrole nitrogens is 1. The second kappa shape index (κ2) is 4.10. The molecule has 1 saturated carbocycles. The third kappa shape index (κ3) is 1.84. The smallest absolute Gasteiger partial charge is 0.117 e. The topological polar surface area (TPSA) is 54.7 Å². The van der Waals surface area contributed by atoms with E-state index in [1.807, 2.05) is 12.1 Å². The van der Waals surface area contributed by atoms with E-state index in [4.69, 9.17) is 10.7 Å². The molecule has 0 amide bonds. The zero-order valence-electron chi connectivity index (χ0n) is 12.4. The van der Waals surface area contributed by atoms with Crippen LogP contribution in [0.4, 0.5) is 5.69 Å². The van der Waals surface area contributed by atoms with Crippen LogP contribution in [-0.4, -0.2) is 9.97 Å². The van der Waals surface area contributed by atoms with Crippen LogP contribution < -0.4 is 5.73 Å². The number of nitrogen functional groups attached to an aromatic ring is 1. The molecule has 2 aromatic carbocycles. The molecule has 0 bridgehead atoms. The van der Waals surface area contributed by atoms with Crippen molar-refractivity contribution in [2.45, 2.75) is 32.1 Å². The van der Waals surface area contributed by atoms with Gasteiger partial charge in [0.1, 0.15) is 5.82 Å². The number of anilines is 1. The lowest BCUT2D eigenvalue weighted by molar-refractivity contribution is 0.779. The second-order valence-corrected chi connectivity index (χ2v) is 6.24. The van der Waals surface area contributed by atoms with Crippen molar-refractivity contribution in [3.8, 4) is 0 Å². The van der Waals surface area contributed by atoms with Gasteiger partial charge in [-0.1, -0.05) is 12.1 Å². The summed E-state index contributed by atoms with van der Waals surface area (Å²) >= 11 is 0. The first-order valence-electron chi connectivity index (χ1n) is 7.42. The average Bonchev–Trinajstić information content (AvgIpc) is 3.17. The normalized spacial score (nSPS) is 16.3. The second-order valence-electron chi connectivity index (χ2n) is 6.24. The van der Waals surface area contributed by atoms with Gasteiger partial charge in [0.2, 0.25) is 0 Å². The largest absolute Gasteiger partial charge is 0.399 e. The number of benzene rings is 2. The molecule has 1 heterocycles. The van der Waals surface area contributed by atoms with Crippen LogP contribution in [0.25, 0.3) is 11.0 Å². The number of nitrogens with two attached hydrogens (primary N) is 1. The van der Waals surface area contributed by atoms with Gasteiger partial charge in [-0.2, -0.15) is 0 Å². The molecule has 0 spiro atoms. The summed E-state index contributed by atoms with van der Waals surface area (Å²) in [7, 11) is 0. The fourth-order valence-corrected chi connectivity index (χ4v) is 3.09. The van der Waals surface area contributed by atoms with Crippen molar-refractivity contribution in [1.82, 2.24) is 9.97 Å². The fourth-order valence-electron chi connectivity index (χ4n) is 3.09. The van der Waals surface area contributed by atoms with Crippen molar-refractivity contribution in [3.05, 3.63) is 58.9 Å². The van der Waals surface area contributed by atoms with E-state index in [1.54, 1.807) is 0 Å². The molecular formula is C18H19N3. The third-order valence-electron chi connectivity index (χ3n) is 4.76. The van der Waals surface area contributed by atoms with Gasteiger partial charge in [0.05, 0.1) is 16.4 Å². The zero-order chi connectivity index (χ0) is 14.6. The highest BCUT2D eigenvalue weighted by molar-refractivity contribution is 5.77. The van der Waals surface area contributed by atoms with Crippen LogP contribution in [0.2, 0.25) is 0 Å². The predicted octanol–water partition coefficient (Wildman–Crippen LogP) is 3.84. The lowest BCUT2D eigenvalue weighted by Crippen LogP contribution is -2.10. The van der Waals surface area contributed by atoms with E-state index < -0.39 is 0 Å². The number of rotatable bonds is 2. The molecule has 3 heteroatoms. The number of aromatic amines is 1. The summed E-state index contributed by atoms with van der Waals surface area (Å²) in [6.45, 7) is 4.28. The van der Waals surface area contributed by atoms with E-state index in [2.05, 4.69) is 43.1 Å². The van der Waals surface area contributed by atoms with Crippen LogP contribution in [0.15, 0.2) is 36.4 Å². The summed E-state index contributed by atoms with van der Waals surface area (Å²) in [6.07, 6.45) is 2.30. The van der Waals surface area contributed by atoms with Crippen molar-refractivity contribution < 1.29 is 0 Å². The first kappa shape index (κ1) is 12.5. The van der Waals surface area contributed by atoms with E-state index >= 15 is 0 Å². The van der Waals surface area contributed by atoms with Crippen LogP contribution >= 0.6 is 0 Å². The highest BCUT2D eigenvalue weighted by Gasteiger charge is 2.48. The summed E-state index contributed by atoms with van der Waals surface area (Å²) in [5.41, 5.74) is 12.8.